The number of nitrogens with one attached hydrogen (secondary N) is 2. The third-order valence-corrected chi connectivity index (χ3v) is 3.86. The lowest BCUT2D eigenvalue weighted by Gasteiger charge is -2.25. The van der Waals surface area contributed by atoms with E-state index in [4.69, 9.17) is 9.73 Å². The Balaban J connectivity index is 0.00000400. The highest BCUT2D eigenvalue weighted by atomic mass is 127. The zero-order valence-electron chi connectivity index (χ0n) is 14.0. The van der Waals surface area contributed by atoms with Gasteiger partial charge in [-0.05, 0) is 44.9 Å². The lowest BCUT2D eigenvalue weighted by molar-refractivity contribution is 0.145. The van der Waals surface area contributed by atoms with Gasteiger partial charge in [0.25, 0.3) is 0 Å². The number of aliphatic imine (C=N–C) groups is 1. The third kappa shape index (κ3) is 10.3. The highest BCUT2D eigenvalue weighted by molar-refractivity contribution is 14.0. The second-order valence-corrected chi connectivity index (χ2v) is 5.83. The number of rotatable bonds is 8. The highest BCUT2D eigenvalue weighted by Crippen LogP contribution is 2.28. The number of nitrogens with zero attached hydrogens (tertiary/aromatic N) is 1. The summed E-state index contributed by atoms with van der Waals surface area (Å²) >= 11 is 0. The first-order valence-corrected chi connectivity index (χ1v) is 8.36. The lowest BCUT2D eigenvalue weighted by Crippen LogP contribution is -2.38. The first-order valence-electron chi connectivity index (χ1n) is 8.36. The molecule has 1 aliphatic rings. The Morgan fingerprint density at radius 1 is 1.24 bits per heavy atom. The molecule has 1 rings (SSSR count). The summed E-state index contributed by atoms with van der Waals surface area (Å²) in [5.41, 5.74) is 0. The van der Waals surface area contributed by atoms with Crippen molar-refractivity contribution >= 4 is 29.9 Å². The predicted molar refractivity (Wildman–Crippen MR) is 102 cm³/mol. The van der Waals surface area contributed by atoms with Crippen LogP contribution < -0.4 is 10.6 Å². The molecule has 1 fully saturated rings. The standard InChI is InChI=1S/C16H33N3O.HI/c1-4-17-16(18-10-7-11-20-5-2)19-13-15-9-6-8-14(3)12-15;/h14-15H,4-13H2,1-3H3,(H2,17,18,19);1H. The Kier molecular flexibility index (Phi) is 13.6. The quantitative estimate of drug-likeness (QED) is 0.279. The average molecular weight is 411 g/mol. The fourth-order valence-electron chi connectivity index (χ4n) is 2.81. The molecule has 2 atom stereocenters. The molecule has 4 nitrogen and oxygen atoms in total. The number of ether oxygens (including phenoxy) is 1. The molecule has 0 radical (unpaired) electrons. The molecule has 0 aliphatic heterocycles. The maximum atomic E-state index is 5.34. The maximum Gasteiger partial charge on any atom is 0.191 e. The molecule has 0 amide bonds. The van der Waals surface area contributed by atoms with Crippen molar-refractivity contribution in [2.75, 3.05) is 32.8 Å². The van der Waals surface area contributed by atoms with Crippen LogP contribution in [0.3, 0.4) is 0 Å². The van der Waals surface area contributed by atoms with Gasteiger partial charge in [0, 0.05) is 32.8 Å². The summed E-state index contributed by atoms with van der Waals surface area (Å²) in [6.45, 7) is 10.9. The molecule has 0 aromatic rings. The van der Waals surface area contributed by atoms with E-state index in [9.17, 15) is 0 Å². The van der Waals surface area contributed by atoms with Crippen LogP contribution in [-0.2, 0) is 4.74 Å². The minimum Gasteiger partial charge on any atom is -0.382 e. The molecular weight excluding hydrogens is 377 g/mol. The molecule has 0 saturated heterocycles. The van der Waals surface area contributed by atoms with Crippen LogP contribution in [0.4, 0.5) is 0 Å². The monoisotopic (exact) mass is 411 g/mol. The zero-order valence-corrected chi connectivity index (χ0v) is 16.3. The summed E-state index contributed by atoms with van der Waals surface area (Å²) in [7, 11) is 0. The molecule has 0 aromatic carbocycles. The van der Waals surface area contributed by atoms with Gasteiger partial charge in [-0.1, -0.05) is 19.8 Å². The summed E-state index contributed by atoms with van der Waals surface area (Å²) in [6.07, 6.45) is 6.49. The largest absolute Gasteiger partial charge is 0.382 e. The first kappa shape index (κ1) is 21.0. The van der Waals surface area contributed by atoms with Gasteiger partial charge in [-0.25, -0.2) is 0 Å². The predicted octanol–water partition coefficient (Wildman–Crippen LogP) is 3.41. The Bertz CT molecular complexity index is 274. The number of hydrogen-bond donors (Lipinski definition) is 2. The zero-order chi connectivity index (χ0) is 14.6. The Morgan fingerprint density at radius 3 is 2.71 bits per heavy atom. The summed E-state index contributed by atoms with van der Waals surface area (Å²) < 4.78 is 5.34. The molecule has 0 heterocycles. The van der Waals surface area contributed by atoms with Crippen molar-refractivity contribution < 1.29 is 4.74 Å². The molecule has 1 aliphatic carbocycles. The van der Waals surface area contributed by atoms with Crippen LogP contribution >= 0.6 is 24.0 Å². The molecule has 5 heteroatoms. The van der Waals surface area contributed by atoms with Crippen LogP contribution in [0.15, 0.2) is 4.99 Å². The van der Waals surface area contributed by atoms with Crippen LogP contribution in [0.25, 0.3) is 0 Å². The van der Waals surface area contributed by atoms with Crippen molar-refractivity contribution in [3.8, 4) is 0 Å². The van der Waals surface area contributed by atoms with E-state index < -0.39 is 0 Å². The van der Waals surface area contributed by atoms with Crippen molar-refractivity contribution in [2.45, 2.75) is 52.9 Å². The smallest absolute Gasteiger partial charge is 0.191 e. The van der Waals surface area contributed by atoms with E-state index in [0.29, 0.717) is 0 Å². The van der Waals surface area contributed by atoms with Gasteiger partial charge < -0.3 is 15.4 Å². The summed E-state index contributed by atoms with van der Waals surface area (Å²) in [5, 5.41) is 6.71. The average Bonchev–Trinajstić information content (AvgIpc) is 2.44. The van der Waals surface area contributed by atoms with Crippen molar-refractivity contribution in [1.29, 1.82) is 0 Å². The molecule has 2 N–H and O–H groups in total. The van der Waals surface area contributed by atoms with E-state index >= 15 is 0 Å². The van der Waals surface area contributed by atoms with Crippen LogP contribution in [-0.4, -0.2) is 38.8 Å². The topological polar surface area (TPSA) is 45.7 Å². The molecule has 21 heavy (non-hydrogen) atoms. The number of hydrogen-bond acceptors (Lipinski definition) is 2. The SMILES string of the molecule is CCNC(=NCC1CCCC(C)C1)NCCCOCC.I. The minimum atomic E-state index is 0. The van der Waals surface area contributed by atoms with Crippen LogP contribution in [0, 0.1) is 11.8 Å². The van der Waals surface area contributed by atoms with Crippen LogP contribution in [0.1, 0.15) is 52.9 Å². The molecule has 1 saturated carbocycles. The van der Waals surface area contributed by atoms with Crippen molar-refractivity contribution in [3.05, 3.63) is 0 Å². The summed E-state index contributed by atoms with van der Waals surface area (Å²) in [5.74, 6) is 2.62. The van der Waals surface area contributed by atoms with Crippen LogP contribution in [0.5, 0.6) is 0 Å². The Labute approximate surface area is 147 Å². The fraction of sp³-hybridized carbons (Fsp3) is 0.938. The normalized spacial score (nSPS) is 22.5. The molecular formula is C16H34IN3O. The van der Waals surface area contributed by atoms with Gasteiger partial charge in [-0.2, -0.15) is 0 Å². The summed E-state index contributed by atoms with van der Waals surface area (Å²) in [6, 6.07) is 0. The van der Waals surface area contributed by atoms with E-state index in [1.54, 1.807) is 0 Å². The van der Waals surface area contributed by atoms with E-state index in [2.05, 4.69) is 24.5 Å². The van der Waals surface area contributed by atoms with E-state index in [-0.39, 0.29) is 24.0 Å². The van der Waals surface area contributed by atoms with Gasteiger partial charge in [0.2, 0.25) is 0 Å². The van der Waals surface area contributed by atoms with Gasteiger partial charge in [0.1, 0.15) is 0 Å². The van der Waals surface area contributed by atoms with Gasteiger partial charge in [-0.3, -0.25) is 4.99 Å². The van der Waals surface area contributed by atoms with E-state index in [1.165, 1.54) is 25.7 Å². The molecule has 0 aromatic heterocycles. The fourth-order valence-corrected chi connectivity index (χ4v) is 2.81. The van der Waals surface area contributed by atoms with Crippen molar-refractivity contribution in [3.63, 3.8) is 0 Å². The maximum absolute atomic E-state index is 5.34. The van der Waals surface area contributed by atoms with E-state index in [1.807, 2.05) is 6.92 Å². The molecule has 126 valence electrons. The second kappa shape index (κ2) is 13.6. The van der Waals surface area contributed by atoms with Crippen molar-refractivity contribution in [1.82, 2.24) is 10.6 Å². The molecule has 0 bridgehead atoms. The minimum absolute atomic E-state index is 0. The van der Waals surface area contributed by atoms with Gasteiger partial charge in [-0.15, -0.1) is 24.0 Å². The summed E-state index contributed by atoms with van der Waals surface area (Å²) in [4.78, 5) is 4.74. The van der Waals surface area contributed by atoms with Crippen LogP contribution in [0.2, 0.25) is 0 Å². The second-order valence-electron chi connectivity index (χ2n) is 5.83. The third-order valence-electron chi connectivity index (χ3n) is 3.86. The lowest BCUT2D eigenvalue weighted by atomic mass is 9.82. The first-order chi connectivity index (χ1) is 9.76. The van der Waals surface area contributed by atoms with Gasteiger partial charge in [0.05, 0.1) is 0 Å². The van der Waals surface area contributed by atoms with E-state index in [0.717, 1.165) is 57.1 Å². The number of halogens is 1. The molecule has 0 spiro atoms. The molecule has 2 unspecified atom stereocenters. The Hall–Kier alpha value is -0.0400. The van der Waals surface area contributed by atoms with Crippen molar-refractivity contribution in [2.24, 2.45) is 16.8 Å². The van der Waals surface area contributed by atoms with Gasteiger partial charge >= 0.3 is 0 Å². The Morgan fingerprint density at radius 2 is 2.05 bits per heavy atom. The number of guanidine groups is 1. The highest BCUT2D eigenvalue weighted by Gasteiger charge is 2.18. The van der Waals surface area contributed by atoms with Gasteiger partial charge in [0.15, 0.2) is 5.96 Å².